The number of ketones is 1. The van der Waals surface area contributed by atoms with Crippen molar-refractivity contribution in [3.8, 4) is 0 Å². The number of methoxy groups -OCH3 is 1. The monoisotopic (exact) mass is 409 g/mol. The minimum absolute atomic E-state index is 0.0134. The lowest BCUT2D eigenvalue weighted by Crippen LogP contribution is -2.34. The summed E-state index contributed by atoms with van der Waals surface area (Å²) in [4.78, 5) is 25.6. The highest BCUT2D eigenvalue weighted by atomic mass is 35.5. The van der Waals surface area contributed by atoms with Gasteiger partial charge in [-0.15, -0.1) is 0 Å². The molecule has 0 saturated heterocycles. The van der Waals surface area contributed by atoms with Crippen molar-refractivity contribution in [3.63, 3.8) is 0 Å². The molecule has 3 rings (SSSR count). The maximum Gasteiger partial charge on any atom is 0.336 e. The van der Waals surface area contributed by atoms with Gasteiger partial charge in [0.1, 0.15) is 6.61 Å². The lowest BCUT2D eigenvalue weighted by atomic mass is 9.75. The van der Waals surface area contributed by atoms with Gasteiger partial charge < -0.3 is 14.8 Å². The standard InChI is InChI=1S/C20H21Cl2NO4/c1-11-16(20(25)27-10-9-26-2)17(12-5-3-6-13(21)19(12)22)18-14(23-11)7-4-8-15(18)24/h3,5-6,17,23H,4,7-10H2,1-2H3/t17-/m1/s1. The van der Waals surface area contributed by atoms with E-state index in [9.17, 15) is 9.59 Å². The van der Waals surface area contributed by atoms with Crippen molar-refractivity contribution in [2.24, 2.45) is 0 Å². The van der Waals surface area contributed by atoms with Gasteiger partial charge in [0.05, 0.1) is 22.2 Å². The van der Waals surface area contributed by atoms with Gasteiger partial charge in [0.2, 0.25) is 0 Å². The molecule has 0 bridgehead atoms. The van der Waals surface area contributed by atoms with Gasteiger partial charge >= 0.3 is 5.97 Å². The highest BCUT2D eigenvalue weighted by Gasteiger charge is 2.40. The third-order valence-corrected chi connectivity index (χ3v) is 5.64. The van der Waals surface area contributed by atoms with Crippen LogP contribution >= 0.6 is 23.2 Å². The summed E-state index contributed by atoms with van der Waals surface area (Å²) >= 11 is 12.7. The van der Waals surface area contributed by atoms with Crippen LogP contribution in [0.3, 0.4) is 0 Å². The number of ether oxygens (including phenoxy) is 2. The number of nitrogens with one attached hydrogen (secondary N) is 1. The van der Waals surface area contributed by atoms with Crippen LogP contribution in [0, 0.1) is 0 Å². The fraction of sp³-hybridized carbons (Fsp3) is 0.400. The maximum absolute atomic E-state index is 12.9. The zero-order chi connectivity index (χ0) is 19.6. The highest BCUT2D eigenvalue weighted by molar-refractivity contribution is 6.42. The summed E-state index contributed by atoms with van der Waals surface area (Å²) in [5, 5.41) is 3.95. The Balaban J connectivity index is 2.11. The largest absolute Gasteiger partial charge is 0.460 e. The number of carbonyl (C=O) groups is 2. The number of carbonyl (C=O) groups excluding carboxylic acids is 2. The Morgan fingerprint density at radius 1 is 1.26 bits per heavy atom. The maximum atomic E-state index is 12.9. The summed E-state index contributed by atoms with van der Waals surface area (Å²) in [6.07, 6.45) is 1.97. The molecular formula is C20H21Cl2NO4. The van der Waals surface area contributed by atoms with Gasteiger partial charge in [-0.25, -0.2) is 4.79 Å². The van der Waals surface area contributed by atoms with Gasteiger partial charge in [-0.05, 0) is 31.4 Å². The van der Waals surface area contributed by atoms with Crippen molar-refractivity contribution in [1.82, 2.24) is 5.32 Å². The first-order valence-corrected chi connectivity index (χ1v) is 9.55. The summed E-state index contributed by atoms with van der Waals surface area (Å²) in [7, 11) is 1.53. The molecule has 7 heteroatoms. The quantitative estimate of drug-likeness (QED) is 0.584. The van der Waals surface area contributed by atoms with Crippen LogP contribution in [0.15, 0.2) is 40.7 Å². The van der Waals surface area contributed by atoms with E-state index in [1.54, 1.807) is 25.1 Å². The van der Waals surface area contributed by atoms with E-state index in [1.807, 2.05) is 0 Å². The van der Waals surface area contributed by atoms with Crippen LogP contribution < -0.4 is 5.32 Å². The Hall–Kier alpha value is -1.82. The van der Waals surface area contributed by atoms with Gasteiger partial charge in [0, 0.05) is 36.4 Å². The van der Waals surface area contributed by atoms with E-state index < -0.39 is 11.9 Å². The SMILES string of the molecule is COCCOC(=O)C1=C(C)NC2=C(C(=O)CCC2)[C@@H]1c1cccc(Cl)c1Cl. The topological polar surface area (TPSA) is 64.6 Å². The molecule has 0 fully saturated rings. The Morgan fingerprint density at radius 2 is 2.04 bits per heavy atom. The smallest absolute Gasteiger partial charge is 0.336 e. The van der Waals surface area contributed by atoms with E-state index in [2.05, 4.69) is 5.32 Å². The molecule has 144 valence electrons. The Labute approximate surface area is 168 Å². The average Bonchev–Trinajstić information content (AvgIpc) is 2.63. The molecule has 0 spiro atoms. The third kappa shape index (κ3) is 3.91. The van der Waals surface area contributed by atoms with Crippen molar-refractivity contribution in [2.45, 2.75) is 32.1 Å². The van der Waals surface area contributed by atoms with Gasteiger partial charge in [-0.2, -0.15) is 0 Å². The molecule has 0 aromatic heterocycles. The predicted octanol–water partition coefficient (Wildman–Crippen LogP) is 4.15. The molecule has 1 N–H and O–H groups in total. The van der Waals surface area contributed by atoms with E-state index in [0.29, 0.717) is 45.5 Å². The molecule has 1 atom stereocenters. The first kappa shape index (κ1) is 19.9. The lowest BCUT2D eigenvalue weighted by molar-refractivity contribution is -0.140. The molecule has 1 aromatic carbocycles. The third-order valence-electron chi connectivity index (χ3n) is 4.81. The lowest BCUT2D eigenvalue weighted by Gasteiger charge is -2.34. The van der Waals surface area contributed by atoms with Gasteiger partial charge in [-0.1, -0.05) is 35.3 Å². The minimum atomic E-state index is -0.602. The van der Waals surface area contributed by atoms with Crippen LogP contribution in [-0.2, 0) is 19.1 Å². The zero-order valence-electron chi connectivity index (χ0n) is 15.2. The number of halogens is 2. The molecule has 0 unspecified atom stereocenters. The number of benzene rings is 1. The van der Waals surface area contributed by atoms with Crippen LogP contribution in [0.4, 0.5) is 0 Å². The molecule has 1 aliphatic heterocycles. The molecule has 27 heavy (non-hydrogen) atoms. The molecule has 0 radical (unpaired) electrons. The van der Waals surface area contributed by atoms with Crippen molar-refractivity contribution in [2.75, 3.05) is 20.3 Å². The number of hydrogen-bond acceptors (Lipinski definition) is 5. The van der Waals surface area contributed by atoms with E-state index >= 15 is 0 Å². The second-order valence-corrected chi connectivity index (χ2v) is 7.32. The Kier molecular flexibility index (Phi) is 6.25. The van der Waals surface area contributed by atoms with E-state index in [1.165, 1.54) is 7.11 Å². The zero-order valence-corrected chi connectivity index (χ0v) is 16.7. The van der Waals surface area contributed by atoms with Gasteiger partial charge in [0.15, 0.2) is 5.78 Å². The minimum Gasteiger partial charge on any atom is -0.460 e. The number of dihydropyridines is 1. The number of Topliss-reactive ketones (excluding diaryl/α,β-unsaturated/α-hetero) is 1. The molecule has 1 aromatic rings. The van der Waals surface area contributed by atoms with Crippen LogP contribution in [0.2, 0.25) is 10.0 Å². The predicted molar refractivity (Wildman–Crippen MR) is 104 cm³/mol. The number of allylic oxidation sites excluding steroid dienone is 3. The Bertz CT molecular complexity index is 844. The summed E-state index contributed by atoms with van der Waals surface area (Å²) in [5.41, 5.74) is 3.09. The van der Waals surface area contributed by atoms with E-state index in [0.717, 1.165) is 18.5 Å². The molecule has 0 saturated carbocycles. The van der Waals surface area contributed by atoms with Crippen molar-refractivity contribution >= 4 is 35.0 Å². The summed E-state index contributed by atoms with van der Waals surface area (Å²) in [5.74, 6) is -1.09. The number of esters is 1. The average molecular weight is 410 g/mol. The first-order valence-electron chi connectivity index (χ1n) is 8.79. The second-order valence-electron chi connectivity index (χ2n) is 6.54. The van der Waals surface area contributed by atoms with Crippen LogP contribution in [0.25, 0.3) is 0 Å². The molecule has 1 heterocycles. The number of rotatable bonds is 5. The molecule has 1 aliphatic carbocycles. The van der Waals surface area contributed by atoms with Crippen LogP contribution in [-0.4, -0.2) is 32.1 Å². The van der Waals surface area contributed by atoms with Crippen molar-refractivity contribution in [1.29, 1.82) is 0 Å². The molecule has 0 amide bonds. The fourth-order valence-electron chi connectivity index (χ4n) is 3.60. The summed E-state index contributed by atoms with van der Waals surface area (Å²) < 4.78 is 10.3. The van der Waals surface area contributed by atoms with E-state index in [4.69, 9.17) is 32.7 Å². The Morgan fingerprint density at radius 3 is 2.78 bits per heavy atom. The molecule has 5 nitrogen and oxygen atoms in total. The normalized spacial score (nSPS) is 19.7. The summed E-state index contributed by atoms with van der Waals surface area (Å²) in [6.45, 7) is 2.23. The summed E-state index contributed by atoms with van der Waals surface area (Å²) in [6, 6.07) is 5.24. The highest BCUT2D eigenvalue weighted by Crippen LogP contribution is 2.45. The van der Waals surface area contributed by atoms with Gasteiger partial charge in [0.25, 0.3) is 0 Å². The molecule has 2 aliphatic rings. The van der Waals surface area contributed by atoms with Crippen LogP contribution in [0.5, 0.6) is 0 Å². The van der Waals surface area contributed by atoms with Crippen molar-refractivity contribution in [3.05, 3.63) is 56.3 Å². The van der Waals surface area contributed by atoms with E-state index in [-0.39, 0.29) is 12.4 Å². The first-order chi connectivity index (χ1) is 13.0. The van der Waals surface area contributed by atoms with Crippen molar-refractivity contribution < 1.29 is 19.1 Å². The van der Waals surface area contributed by atoms with Crippen LogP contribution in [0.1, 0.15) is 37.7 Å². The number of hydrogen-bond donors (Lipinski definition) is 1. The fourth-order valence-corrected chi connectivity index (χ4v) is 4.02. The second kappa shape index (κ2) is 8.46. The molecular weight excluding hydrogens is 389 g/mol. The van der Waals surface area contributed by atoms with Gasteiger partial charge in [-0.3, -0.25) is 4.79 Å².